The highest BCUT2D eigenvalue weighted by Crippen LogP contribution is 2.21. The molecule has 1 fully saturated rings. The van der Waals surface area contributed by atoms with Crippen LogP contribution in [0.2, 0.25) is 0 Å². The maximum Gasteiger partial charge on any atom is 0.328 e. The molecule has 4 heteroatoms. The molecule has 1 aliphatic rings. The standard InChI is InChI=1S/C7H10N2OS/c1-2-4-6(3-1)10-7-8-5-11-9-7/h5-6H,1-4H2. The van der Waals surface area contributed by atoms with E-state index in [4.69, 9.17) is 4.74 Å². The Morgan fingerprint density at radius 1 is 1.45 bits per heavy atom. The summed E-state index contributed by atoms with van der Waals surface area (Å²) in [6.45, 7) is 0. The lowest BCUT2D eigenvalue weighted by atomic mass is 10.3. The van der Waals surface area contributed by atoms with Gasteiger partial charge in [-0.05, 0) is 37.2 Å². The summed E-state index contributed by atoms with van der Waals surface area (Å²) in [5.74, 6) is 0. The van der Waals surface area contributed by atoms with Gasteiger partial charge in [0.15, 0.2) is 0 Å². The quantitative estimate of drug-likeness (QED) is 0.679. The summed E-state index contributed by atoms with van der Waals surface area (Å²) < 4.78 is 9.49. The first kappa shape index (κ1) is 7.03. The molecule has 1 aromatic rings. The van der Waals surface area contributed by atoms with Crippen molar-refractivity contribution >= 4 is 11.5 Å². The van der Waals surface area contributed by atoms with Crippen LogP contribution in [-0.2, 0) is 0 Å². The summed E-state index contributed by atoms with van der Waals surface area (Å²) in [5, 5.41) is 0. The largest absolute Gasteiger partial charge is 0.460 e. The lowest BCUT2D eigenvalue weighted by Crippen LogP contribution is -2.11. The van der Waals surface area contributed by atoms with Gasteiger partial charge in [-0.2, -0.15) is 4.98 Å². The second-order valence-corrected chi connectivity index (χ2v) is 3.34. The molecule has 1 aliphatic carbocycles. The first-order valence-corrected chi connectivity index (χ1v) is 4.72. The fourth-order valence-electron chi connectivity index (χ4n) is 1.37. The highest BCUT2D eigenvalue weighted by atomic mass is 32.1. The maximum absolute atomic E-state index is 5.50. The van der Waals surface area contributed by atoms with Crippen molar-refractivity contribution in [1.82, 2.24) is 9.36 Å². The van der Waals surface area contributed by atoms with Gasteiger partial charge in [-0.3, -0.25) is 0 Å². The van der Waals surface area contributed by atoms with Crippen LogP contribution in [-0.4, -0.2) is 15.5 Å². The molecule has 0 aromatic carbocycles. The zero-order chi connectivity index (χ0) is 7.52. The normalized spacial score (nSPS) is 18.9. The van der Waals surface area contributed by atoms with E-state index in [9.17, 15) is 0 Å². The molecule has 0 N–H and O–H groups in total. The van der Waals surface area contributed by atoms with E-state index in [0.29, 0.717) is 12.1 Å². The van der Waals surface area contributed by atoms with Crippen LogP contribution < -0.4 is 4.74 Å². The van der Waals surface area contributed by atoms with E-state index in [0.717, 1.165) is 0 Å². The fourth-order valence-corrected chi connectivity index (χ4v) is 1.73. The minimum Gasteiger partial charge on any atom is -0.460 e. The SMILES string of the molecule is c1nc(OC2CCCC2)ns1. The maximum atomic E-state index is 5.50. The summed E-state index contributed by atoms with van der Waals surface area (Å²) in [5.41, 5.74) is 1.70. The van der Waals surface area contributed by atoms with Crippen molar-refractivity contribution in [3.05, 3.63) is 5.51 Å². The molecule has 11 heavy (non-hydrogen) atoms. The van der Waals surface area contributed by atoms with E-state index in [2.05, 4.69) is 9.36 Å². The number of rotatable bonds is 2. The lowest BCUT2D eigenvalue weighted by Gasteiger charge is -2.07. The van der Waals surface area contributed by atoms with Crippen LogP contribution in [0.1, 0.15) is 25.7 Å². The average molecular weight is 170 g/mol. The Balaban J connectivity index is 1.90. The molecule has 0 unspecified atom stereocenters. The number of hydrogen-bond acceptors (Lipinski definition) is 4. The minimum atomic E-state index is 0.379. The summed E-state index contributed by atoms with van der Waals surface area (Å²) >= 11 is 1.34. The third kappa shape index (κ3) is 1.68. The van der Waals surface area contributed by atoms with Gasteiger partial charge in [0.2, 0.25) is 0 Å². The van der Waals surface area contributed by atoms with Gasteiger partial charge in [0, 0.05) is 0 Å². The van der Waals surface area contributed by atoms with Gasteiger partial charge < -0.3 is 4.74 Å². The Morgan fingerprint density at radius 3 is 2.91 bits per heavy atom. The van der Waals surface area contributed by atoms with E-state index in [1.165, 1.54) is 37.2 Å². The van der Waals surface area contributed by atoms with Crippen molar-refractivity contribution in [3.8, 4) is 6.01 Å². The van der Waals surface area contributed by atoms with Crippen LogP contribution in [0, 0.1) is 0 Å². The second kappa shape index (κ2) is 3.17. The van der Waals surface area contributed by atoms with Crippen molar-refractivity contribution in [3.63, 3.8) is 0 Å². The molecule has 60 valence electrons. The van der Waals surface area contributed by atoms with Crippen LogP contribution in [0.4, 0.5) is 0 Å². The third-order valence-electron chi connectivity index (χ3n) is 1.92. The molecule has 3 nitrogen and oxygen atoms in total. The van der Waals surface area contributed by atoms with Crippen molar-refractivity contribution in [1.29, 1.82) is 0 Å². The van der Waals surface area contributed by atoms with Crippen LogP contribution in [0.15, 0.2) is 5.51 Å². The Morgan fingerprint density at radius 2 is 2.27 bits per heavy atom. The van der Waals surface area contributed by atoms with Crippen LogP contribution >= 0.6 is 11.5 Å². The lowest BCUT2D eigenvalue weighted by molar-refractivity contribution is 0.195. The molecule has 1 aromatic heterocycles. The van der Waals surface area contributed by atoms with Crippen molar-refractivity contribution < 1.29 is 4.74 Å². The van der Waals surface area contributed by atoms with Gasteiger partial charge in [0.1, 0.15) is 11.6 Å². The van der Waals surface area contributed by atoms with Gasteiger partial charge in [-0.25, -0.2) is 0 Å². The number of nitrogens with zero attached hydrogens (tertiary/aromatic N) is 2. The van der Waals surface area contributed by atoms with E-state index < -0.39 is 0 Å². The Labute approximate surface area is 69.6 Å². The Kier molecular flexibility index (Phi) is 2.03. The molecule has 0 spiro atoms. The van der Waals surface area contributed by atoms with Crippen LogP contribution in [0.5, 0.6) is 6.01 Å². The first-order chi connectivity index (χ1) is 5.45. The minimum absolute atomic E-state index is 0.379. The Hall–Kier alpha value is -0.640. The molecule has 0 aliphatic heterocycles. The molecule has 0 amide bonds. The molecule has 0 bridgehead atoms. The van der Waals surface area contributed by atoms with E-state index in [-0.39, 0.29) is 0 Å². The number of ether oxygens (including phenoxy) is 1. The molecular weight excluding hydrogens is 160 g/mol. The van der Waals surface area contributed by atoms with Crippen molar-refractivity contribution in [2.45, 2.75) is 31.8 Å². The van der Waals surface area contributed by atoms with Gasteiger partial charge in [-0.15, -0.1) is 4.37 Å². The molecule has 1 heterocycles. The summed E-state index contributed by atoms with van der Waals surface area (Å²) in [7, 11) is 0. The predicted octanol–water partition coefficient (Wildman–Crippen LogP) is 1.86. The zero-order valence-electron chi connectivity index (χ0n) is 6.19. The number of hydrogen-bond donors (Lipinski definition) is 0. The molecule has 2 rings (SSSR count). The number of aromatic nitrogens is 2. The van der Waals surface area contributed by atoms with Crippen molar-refractivity contribution in [2.75, 3.05) is 0 Å². The van der Waals surface area contributed by atoms with E-state index in [1.54, 1.807) is 5.51 Å². The first-order valence-electron chi connectivity index (χ1n) is 3.88. The second-order valence-electron chi connectivity index (χ2n) is 2.74. The summed E-state index contributed by atoms with van der Waals surface area (Å²) in [4.78, 5) is 3.96. The monoisotopic (exact) mass is 170 g/mol. The topological polar surface area (TPSA) is 35.0 Å². The van der Waals surface area contributed by atoms with E-state index in [1.807, 2.05) is 0 Å². The zero-order valence-corrected chi connectivity index (χ0v) is 7.01. The van der Waals surface area contributed by atoms with Gasteiger partial charge in [0.25, 0.3) is 0 Å². The highest BCUT2D eigenvalue weighted by molar-refractivity contribution is 7.03. The van der Waals surface area contributed by atoms with Crippen LogP contribution in [0.25, 0.3) is 0 Å². The molecule has 0 saturated heterocycles. The molecule has 1 saturated carbocycles. The highest BCUT2D eigenvalue weighted by Gasteiger charge is 2.17. The van der Waals surface area contributed by atoms with Gasteiger partial charge in [-0.1, -0.05) is 0 Å². The fraction of sp³-hybridized carbons (Fsp3) is 0.714. The van der Waals surface area contributed by atoms with Crippen LogP contribution in [0.3, 0.4) is 0 Å². The summed E-state index contributed by atoms with van der Waals surface area (Å²) in [6, 6.07) is 0.557. The average Bonchev–Trinajstić information content (AvgIpc) is 2.60. The smallest absolute Gasteiger partial charge is 0.328 e. The summed E-state index contributed by atoms with van der Waals surface area (Å²) in [6.07, 6.45) is 5.28. The third-order valence-corrected chi connectivity index (χ3v) is 2.38. The predicted molar refractivity (Wildman–Crippen MR) is 42.8 cm³/mol. The Bertz CT molecular complexity index is 206. The van der Waals surface area contributed by atoms with Crippen molar-refractivity contribution in [2.24, 2.45) is 0 Å². The molecule has 0 radical (unpaired) electrons. The van der Waals surface area contributed by atoms with E-state index >= 15 is 0 Å². The van der Waals surface area contributed by atoms with Gasteiger partial charge >= 0.3 is 6.01 Å². The van der Waals surface area contributed by atoms with Gasteiger partial charge in [0.05, 0.1) is 0 Å². The molecular formula is C7H10N2OS. The molecule has 0 atom stereocenters.